The van der Waals surface area contributed by atoms with Crippen LogP contribution in [0.5, 0.6) is 0 Å². The summed E-state index contributed by atoms with van der Waals surface area (Å²) in [5, 5.41) is 8.51. The molecule has 5 nitrogen and oxygen atoms in total. The Kier molecular flexibility index (Phi) is 6.92. The molecular weight excluding hydrogens is 520 g/mol. The molecule has 1 atom stereocenters. The average Bonchev–Trinajstić information content (AvgIpc) is 3.55. The lowest BCUT2D eigenvalue weighted by Crippen LogP contribution is -2.32. The predicted octanol–water partition coefficient (Wildman–Crippen LogP) is 6.85. The van der Waals surface area contributed by atoms with Gasteiger partial charge in [0.15, 0.2) is 11.5 Å². The number of alkyl halides is 6. The number of amidine groups is 1. The Morgan fingerprint density at radius 1 is 0.821 bits per heavy atom. The van der Waals surface area contributed by atoms with Gasteiger partial charge in [0.05, 0.1) is 30.3 Å². The third-order valence-corrected chi connectivity index (χ3v) is 6.60. The first kappa shape index (κ1) is 26.5. The first-order chi connectivity index (χ1) is 18.5. The van der Waals surface area contributed by atoms with E-state index in [4.69, 9.17) is 0 Å². The van der Waals surface area contributed by atoms with Gasteiger partial charge in [0.1, 0.15) is 5.69 Å². The van der Waals surface area contributed by atoms with Crippen molar-refractivity contribution in [1.29, 1.82) is 0 Å². The molecule has 3 aromatic carbocycles. The average molecular weight is 544 g/mol. The van der Waals surface area contributed by atoms with Crippen LogP contribution in [-0.4, -0.2) is 38.8 Å². The molecule has 2 heterocycles. The second-order valence-electron chi connectivity index (χ2n) is 9.21. The quantitative estimate of drug-likeness (QED) is 0.250. The normalized spacial score (nSPS) is 14.9. The molecule has 0 bridgehead atoms. The van der Waals surface area contributed by atoms with Crippen LogP contribution >= 0.6 is 0 Å². The Hall–Kier alpha value is -4.15. The van der Waals surface area contributed by atoms with Crippen molar-refractivity contribution in [3.63, 3.8) is 0 Å². The maximum atomic E-state index is 13.5. The third-order valence-electron chi connectivity index (χ3n) is 6.60. The number of rotatable bonds is 6. The molecule has 1 aliphatic rings. The minimum Gasteiger partial charge on any atom is -0.346 e. The zero-order valence-electron chi connectivity index (χ0n) is 20.7. The highest BCUT2D eigenvalue weighted by molar-refractivity contribution is 6.03. The van der Waals surface area contributed by atoms with Crippen LogP contribution in [0.25, 0.3) is 11.3 Å². The molecule has 202 valence electrons. The van der Waals surface area contributed by atoms with Gasteiger partial charge >= 0.3 is 12.4 Å². The zero-order chi connectivity index (χ0) is 27.8. The van der Waals surface area contributed by atoms with E-state index in [0.717, 1.165) is 5.56 Å². The van der Waals surface area contributed by atoms with Crippen LogP contribution < -0.4 is 0 Å². The van der Waals surface area contributed by atoms with E-state index < -0.39 is 23.5 Å². The second kappa shape index (κ2) is 10.2. The minimum atomic E-state index is -4.95. The predicted molar refractivity (Wildman–Crippen MR) is 134 cm³/mol. The van der Waals surface area contributed by atoms with E-state index in [0.29, 0.717) is 48.0 Å². The van der Waals surface area contributed by atoms with Gasteiger partial charge in [0.25, 0.3) is 0 Å². The van der Waals surface area contributed by atoms with Gasteiger partial charge in [-0.15, -0.1) is 5.10 Å². The molecule has 0 N–H and O–H groups in total. The van der Waals surface area contributed by atoms with Crippen LogP contribution in [0.3, 0.4) is 0 Å². The Labute approximate surface area is 220 Å². The molecule has 0 unspecified atom stereocenters. The van der Waals surface area contributed by atoms with Gasteiger partial charge in [-0.05, 0) is 36.2 Å². The fourth-order valence-corrected chi connectivity index (χ4v) is 4.70. The largest absolute Gasteiger partial charge is 0.416 e. The van der Waals surface area contributed by atoms with Crippen molar-refractivity contribution in [3.8, 4) is 11.3 Å². The van der Waals surface area contributed by atoms with Crippen molar-refractivity contribution in [2.24, 2.45) is 4.99 Å². The molecule has 0 saturated carbocycles. The lowest BCUT2D eigenvalue weighted by molar-refractivity contribution is -0.143. The summed E-state index contributed by atoms with van der Waals surface area (Å²) >= 11 is 0. The number of halogens is 6. The molecule has 4 aromatic rings. The first-order valence-corrected chi connectivity index (χ1v) is 12.2. The van der Waals surface area contributed by atoms with Gasteiger partial charge in [-0.1, -0.05) is 65.9 Å². The summed E-state index contributed by atoms with van der Waals surface area (Å²) in [7, 11) is 0. The number of hydrogen-bond donors (Lipinski definition) is 0. The van der Waals surface area contributed by atoms with Gasteiger partial charge in [-0.3, -0.25) is 4.99 Å². The maximum absolute atomic E-state index is 13.5. The highest BCUT2D eigenvalue weighted by Crippen LogP contribution is 2.37. The highest BCUT2D eigenvalue weighted by Gasteiger charge is 2.37. The Balaban J connectivity index is 1.58. The van der Waals surface area contributed by atoms with Crippen LogP contribution in [0, 0.1) is 0 Å². The summed E-state index contributed by atoms with van der Waals surface area (Å²) in [4.78, 5) is 6.73. The monoisotopic (exact) mass is 543 g/mol. The summed E-state index contributed by atoms with van der Waals surface area (Å²) < 4.78 is 82.1. The number of hydrogen-bond acceptors (Lipinski definition) is 4. The van der Waals surface area contributed by atoms with Crippen molar-refractivity contribution >= 4 is 5.84 Å². The number of aromatic nitrogens is 3. The molecule has 0 saturated heterocycles. The van der Waals surface area contributed by atoms with Gasteiger partial charge in [-0.2, -0.15) is 26.3 Å². The fraction of sp³-hybridized carbons (Fsp3) is 0.250. The number of nitrogens with zero attached hydrogens (tertiary/aromatic N) is 5. The zero-order valence-corrected chi connectivity index (χ0v) is 20.7. The number of benzene rings is 3. The van der Waals surface area contributed by atoms with Crippen molar-refractivity contribution in [2.45, 2.75) is 31.9 Å². The molecule has 1 aromatic heterocycles. The van der Waals surface area contributed by atoms with Crippen molar-refractivity contribution < 1.29 is 26.3 Å². The highest BCUT2D eigenvalue weighted by atomic mass is 19.4. The van der Waals surface area contributed by atoms with Crippen molar-refractivity contribution in [2.75, 3.05) is 13.1 Å². The summed E-state index contributed by atoms with van der Waals surface area (Å²) in [5.41, 5.74) is -0.383. The van der Waals surface area contributed by atoms with Crippen LogP contribution in [0.15, 0.2) is 83.9 Å². The van der Waals surface area contributed by atoms with Gasteiger partial charge in [0.2, 0.25) is 0 Å². The van der Waals surface area contributed by atoms with E-state index in [1.807, 2.05) is 37.3 Å². The molecule has 0 spiro atoms. The van der Waals surface area contributed by atoms with Crippen LogP contribution in [-0.2, 0) is 18.9 Å². The van der Waals surface area contributed by atoms with Gasteiger partial charge in [0, 0.05) is 12.1 Å². The maximum Gasteiger partial charge on any atom is 0.416 e. The van der Waals surface area contributed by atoms with Crippen LogP contribution in [0.2, 0.25) is 0 Å². The molecule has 39 heavy (non-hydrogen) atoms. The summed E-state index contributed by atoms with van der Waals surface area (Å²) in [5.74, 6) is 0.566. The van der Waals surface area contributed by atoms with Crippen LogP contribution in [0.4, 0.5) is 26.3 Å². The molecule has 0 radical (unpaired) electrons. The summed E-state index contributed by atoms with van der Waals surface area (Å²) in [6, 6.07) is 20.2. The molecule has 0 amide bonds. The standard InChI is InChI=1S/C28H23F6N5/c1-18(20-8-4-2-5-9-20)38-13-12-35-26(38)24-25(21-10-6-3-7-11-21)39(37-36-24)17-19-14-22(27(29,30)31)16-23(15-19)28(32,33)34/h2-11,14-16,18H,12-13,17H2,1H3/t18-/m1/s1. The number of aliphatic imine (C=N–C) groups is 1. The van der Waals surface area contributed by atoms with E-state index in [-0.39, 0.29) is 24.2 Å². The van der Waals surface area contributed by atoms with Crippen LogP contribution in [0.1, 0.15) is 40.9 Å². The fourth-order valence-electron chi connectivity index (χ4n) is 4.70. The summed E-state index contributed by atoms with van der Waals surface area (Å²) in [6.07, 6.45) is -9.89. The lowest BCUT2D eigenvalue weighted by atomic mass is 10.0. The van der Waals surface area contributed by atoms with Crippen molar-refractivity contribution in [3.05, 3.63) is 107 Å². The molecule has 0 aliphatic carbocycles. The Morgan fingerprint density at radius 2 is 1.41 bits per heavy atom. The van der Waals surface area contributed by atoms with Crippen molar-refractivity contribution in [1.82, 2.24) is 19.9 Å². The van der Waals surface area contributed by atoms with E-state index >= 15 is 0 Å². The van der Waals surface area contributed by atoms with E-state index in [1.165, 1.54) is 4.68 Å². The molecule has 11 heteroatoms. The molecule has 0 fully saturated rings. The SMILES string of the molecule is C[C@H](c1ccccc1)N1CCN=C1c1nnn(Cc2cc(C(F)(F)F)cc(C(F)(F)F)c2)c1-c1ccccc1. The van der Waals surface area contributed by atoms with Gasteiger partial charge < -0.3 is 4.90 Å². The van der Waals surface area contributed by atoms with E-state index in [1.54, 1.807) is 30.3 Å². The topological polar surface area (TPSA) is 46.3 Å². The third kappa shape index (κ3) is 5.52. The van der Waals surface area contributed by atoms with Gasteiger partial charge in [-0.25, -0.2) is 4.68 Å². The summed E-state index contributed by atoms with van der Waals surface area (Å²) in [6.45, 7) is 2.81. The van der Waals surface area contributed by atoms with E-state index in [2.05, 4.69) is 20.2 Å². The molecular formula is C28H23F6N5. The molecule has 5 rings (SSSR count). The second-order valence-corrected chi connectivity index (χ2v) is 9.21. The smallest absolute Gasteiger partial charge is 0.346 e. The first-order valence-electron chi connectivity index (χ1n) is 12.2. The Bertz CT molecular complexity index is 1440. The van der Waals surface area contributed by atoms with E-state index in [9.17, 15) is 26.3 Å². The lowest BCUT2D eigenvalue weighted by Gasteiger charge is -2.27. The Morgan fingerprint density at radius 3 is 2.00 bits per heavy atom. The molecule has 1 aliphatic heterocycles. The minimum absolute atomic E-state index is 0.0564.